The lowest BCUT2D eigenvalue weighted by Crippen LogP contribution is -2.36. The predicted octanol–water partition coefficient (Wildman–Crippen LogP) is 1.87. The summed E-state index contributed by atoms with van der Waals surface area (Å²) in [5.74, 6) is -1.90. The number of likely N-dealkylation sites (N-methyl/N-ethyl adjacent to an activating group) is 1. The molecule has 0 saturated heterocycles. The van der Waals surface area contributed by atoms with Gasteiger partial charge < -0.3 is 4.84 Å². The smallest absolute Gasteiger partial charge is 0.328 e. The Hall–Kier alpha value is -2.99. The lowest BCUT2D eigenvalue weighted by atomic mass is 10.1. The Kier molecular flexibility index (Phi) is 4.39. The normalized spacial score (nSPS) is 13.3. The second-order valence-corrected chi connectivity index (χ2v) is 5.57. The molecule has 0 unspecified atom stereocenters. The van der Waals surface area contributed by atoms with Gasteiger partial charge >= 0.3 is 5.97 Å². The zero-order valence-corrected chi connectivity index (χ0v) is 13.1. The molecule has 1 aliphatic heterocycles. The number of benzene rings is 2. The molecule has 0 radical (unpaired) electrons. The number of fused-ring (bicyclic) bond motifs is 1. The summed E-state index contributed by atoms with van der Waals surface area (Å²) in [6, 6.07) is 16.0. The number of imide groups is 1. The second kappa shape index (κ2) is 6.64. The van der Waals surface area contributed by atoms with Crippen LogP contribution in [0.3, 0.4) is 0 Å². The Morgan fingerprint density at radius 2 is 1.50 bits per heavy atom. The van der Waals surface area contributed by atoms with E-state index >= 15 is 0 Å². The van der Waals surface area contributed by atoms with Crippen molar-refractivity contribution in [3.05, 3.63) is 71.3 Å². The summed E-state index contributed by atoms with van der Waals surface area (Å²) in [6.07, 6.45) is 0. The van der Waals surface area contributed by atoms with Crippen LogP contribution < -0.4 is 0 Å². The monoisotopic (exact) mass is 324 g/mol. The minimum atomic E-state index is -0.664. The van der Waals surface area contributed by atoms with Gasteiger partial charge in [0.05, 0.1) is 17.7 Å². The van der Waals surface area contributed by atoms with E-state index in [1.807, 2.05) is 30.3 Å². The van der Waals surface area contributed by atoms with E-state index in [1.54, 1.807) is 24.1 Å². The van der Waals surface area contributed by atoms with Gasteiger partial charge in [0.2, 0.25) is 0 Å². The van der Waals surface area contributed by atoms with Gasteiger partial charge in [0.1, 0.15) is 0 Å². The van der Waals surface area contributed by atoms with Crippen LogP contribution in [0.4, 0.5) is 0 Å². The Balaban J connectivity index is 1.60. The maximum Gasteiger partial charge on any atom is 0.347 e. The van der Waals surface area contributed by atoms with Crippen molar-refractivity contribution in [2.75, 3.05) is 13.6 Å². The molecule has 0 spiro atoms. The van der Waals surface area contributed by atoms with E-state index in [1.165, 1.54) is 12.1 Å². The summed E-state index contributed by atoms with van der Waals surface area (Å²) in [5.41, 5.74) is 1.54. The predicted molar refractivity (Wildman–Crippen MR) is 85.8 cm³/mol. The van der Waals surface area contributed by atoms with E-state index < -0.39 is 17.8 Å². The molecular weight excluding hydrogens is 308 g/mol. The summed E-state index contributed by atoms with van der Waals surface area (Å²) in [6.45, 7) is 0.514. The lowest BCUT2D eigenvalue weighted by Gasteiger charge is -2.18. The summed E-state index contributed by atoms with van der Waals surface area (Å²) in [4.78, 5) is 43.0. The van der Waals surface area contributed by atoms with Gasteiger partial charge in [-0.1, -0.05) is 47.5 Å². The molecule has 2 aromatic rings. The van der Waals surface area contributed by atoms with Crippen molar-refractivity contribution in [1.29, 1.82) is 0 Å². The molecule has 1 aliphatic rings. The van der Waals surface area contributed by atoms with Gasteiger partial charge in [-0.3, -0.25) is 14.5 Å². The standard InChI is InChI=1S/C18H16N2O4/c1-19(11-13-7-3-2-4-8-13)12-16(21)24-20-17(22)14-9-5-6-10-15(14)18(20)23/h2-10H,11-12H2,1H3. The minimum Gasteiger partial charge on any atom is -0.328 e. The highest BCUT2D eigenvalue weighted by Gasteiger charge is 2.38. The molecule has 6 heteroatoms. The minimum absolute atomic E-state index is 0.0394. The maximum absolute atomic E-state index is 12.1. The molecule has 0 aromatic heterocycles. The van der Waals surface area contributed by atoms with E-state index in [4.69, 9.17) is 4.84 Å². The Bertz CT molecular complexity index is 754. The third-order valence-corrected chi connectivity index (χ3v) is 3.64. The summed E-state index contributed by atoms with van der Waals surface area (Å²) in [7, 11) is 1.76. The van der Waals surface area contributed by atoms with Gasteiger partial charge in [-0.05, 0) is 24.7 Å². The van der Waals surface area contributed by atoms with Crippen LogP contribution in [-0.2, 0) is 16.2 Å². The zero-order valence-electron chi connectivity index (χ0n) is 13.1. The van der Waals surface area contributed by atoms with Crippen molar-refractivity contribution in [2.24, 2.45) is 0 Å². The molecule has 0 saturated carbocycles. The highest BCUT2D eigenvalue weighted by atomic mass is 16.7. The van der Waals surface area contributed by atoms with Gasteiger partial charge in [-0.25, -0.2) is 4.79 Å². The van der Waals surface area contributed by atoms with E-state index in [-0.39, 0.29) is 17.7 Å². The molecule has 0 N–H and O–H groups in total. The SMILES string of the molecule is CN(CC(=O)ON1C(=O)c2ccccc2C1=O)Cc1ccccc1. The van der Waals surface area contributed by atoms with Crippen LogP contribution in [0, 0.1) is 0 Å². The number of rotatable bonds is 5. The average molecular weight is 324 g/mol. The Labute approximate surface area is 139 Å². The molecule has 1 heterocycles. The van der Waals surface area contributed by atoms with Crippen LogP contribution in [0.5, 0.6) is 0 Å². The molecule has 6 nitrogen and oxygen atoms in total. The number of carbonyl (C=O) groups is 3. The molecule has 3 rings (SSSR count). The first-order valence-electron chi connectivity index (χ1n) is 7.47. The number of hydrogen-bond acceptors (Lipinski definition) is 5. The largest absolute Gasteiger partial charge is 0.347 e. The van der Waals surface area contributed by atoms with Crippen molar-refractivity contribution in [1.82, 2.24) is 9.96 Å². The van der Waals surface area contributed by atoms with Crippen LogP contribution >= 0.6 is 0 Å². The topological polar surface area (TPSA) is 66.9 Å². The fourth-order valence-corrected chi connectivity index (χ4v) is 2.55. The molecule has 2 amide bonds. The fourth-order valence-electron chi connectivity index (χ4n) is 2.55. The summed E-state index contributed by atoms with van der Waals surface area (Å²) >= 11 is 0. The molecule has 0 bridgehead atoms. The number of amides is 2. The average Bonchev–Trinajstić information content (AvgIpc) is 2.81. The fraction of sp³-hybridized carbons (Fsp3) is 0.167. The van der Waals surface area contributed by atoms with Gasteiger partial charge in [0.15, 0.2) is 0 Å². The van der Waals surface area contributed by atoms with Crippen LogP contribution in [0.1, 0.15) is 26.3 Å². The van der Waals surface area contributed by atoms with Crippen LogP contribution in [0.15, 0.2) is 54.6 Å². The van der Waals surface area contributed by atoms with Gasteiger partial charge in [0, 0.05) is 6.54 Å². The van der Waals surface area contributed by atoms with Crippen LogP contribution in [0.25, 0.3) is 0 Å². The molecule has 24 heavy (non-hydrogen) atoms. The van der Waals surface area contributed by atoms with Crippen molar-refractivity contribution in [3.8, 4) is 0 Å². The number of hydrogen-bond donors (Lipinski definition) is 0. The second-order valence-electron chi connectivity index (χ2n) is 5.57. The third kappa shape index (κ3) is 3.18. The molecular formula is C18H16N2O4. The van der Waals surface area contributed by atoms with Crippen molar-refractivity contribution in [3.63, 3.8) is 0 Å². The van der Waals surface area contributed by atoms with E-state index in [2.05, 4.69) is 0 Å². The maximum atomic E-state index is 12.1. The Morgan fingerprint density at radius 1 is 0.958 bits per heavy atom. The van der Waals surface area contributed by atoms with Gasteiger partial charge in [0.25, 0.3) is 11.8 Å². The lowest BCUT2D eigenvalue weighted by molar-refractivity contribution is -0.169. The number of nitrogens with zero attached hydrogens (tertiary/aromatic N) is 2. The first-order chi connectivity index (χ1) is 11.6. The van der Waals surface area contributed by atoms with Crippen molar-refractivity contribution in [2.45, 2.75) is 6.54 Å². The molecule has 0 fully saturated rings. The molecule has 122 valence electrons. The van der Waals surface area contributed by atoms with Crippen molar-refractivity contribution < 1.29 is 19.2 Å². The zero-order chi connectivity index (χ0) is 17.1. The molecule has 0 atom stereocenters. The number of carbonyl (C=O) groups excluding carboxylic acids is 3. The van der Waals surface area contributed by atoms with E-state index in [0.29, 0.717) is 11.6 Å². The van der Waals surface area contributed by atoms with E-state index in [0.717, 1.165) is 5.56 Å². The van der Waals surface area contributed by atoms with Crippen LogP contribution in [-0.4, -0.2) is 41.3 Å². The highest BCUT2D eigenvalue weighted by molar-refractivity contribution is 6.20. The van der Waals surface area contributed by atoms with Gasteiger partial charge in [-0.15, -0.1) is 0 Å². The van der Waals surface area contributed by atoms with E-state index in [9.17, 15) is 14.4 Å². The highest BCUT2D eigenvalue weighted by Crippen LogP contribution is 2.22. The summed E-state index contributed by atoms with van der Waals surface area (Å²) < 4.78 is 0. The summed E-state index contributed by atoms with van der Waals surface area (Å²) in [5, 5.41) is 0.531. The molecule has 2 aromatic carbocycles. The quantitative estimate of drug-likeness (QED) is 0.786. The van der Waals surface area contributed by atoms with Gasteiger partial charge in [-0.2, -0.15) is 0 Å². The first kappa shape index (κ1) is 15.9. The number of hydroxylamine groups is 2. The van der Waals surface area contributed by atoms with Crippen LogP contribution in [0.2, 0.25) is 0 Å². The third-order valence-electron chi connectivity index (χ3n) is 3.64. The first-order valence-corrected chi connectivity index (χ1v) is 7.47. The van der Waals surface area contributed by atoms with Crippen molar-refractivity contribution >= 4 is 17.8 Å². The Morgan fingerprint density at radius 3 is 2.08 bits per heavy atom. The molecule has 0 aliphatic carbocycles.